The third kappa shape index (κ3) is 2.59. The Morgan fingerprint density at radius 1 is 1.13 bits per heavy atom. The number of halogens is 4. The number of anilines is 1. The van der Waals surface area contributed by atoms with Gasteiger partial charge in [-0.3, -0.25) is 0 Å². The summed E-state index contributed by atoms with van der Waals surface area (Å²) in [5, 5.41) is 4.44. The fraction of sp³-hybridized carbons (Fsp3) is 0.222. The molecule has 2 aliphatic rings. The van der Waals surface area contributed by atoms with Crippen LogP contribution in [0.1, 0.15) is 29.5 Å². The highest BCUT2D eigenvalue weighted by Crippen LogP contribution is 2.51. The lowest BCUT2D eigenvalue weighted by Crippen LogP contribution is -2.29. The van der Waals surface area contributed by atoms with Crippen LogP contribution < -0.4 is 5.32 Å². The first-order valence-corrected chi connectivity index (χ1v) is 8.96. The molecular weight excluding hydrogens is 400 g/mol. The van der Waals surface area contributed by atoms with E-state index in [1.165, 1.54) is 6.07 Å². The van der Waals surface area contributed by atoms with Crippen molar-refractivity contribution in [2.75, 3.05) is 5.32 Å². The molecule has 4 rings (SSSR count). The van der Waals surface area contributed by atoms with Gasteiger partial charge in [0.15, 0.2) is 0 Å². The van der Waals surface area contributed by atoms with E-state index in [1.807, 2.05) is 18.2 Å². The lowest BCUT2D eigenvalue weighted by molar-refractivity contribution is 0.420. The van der Waals surface area contributed by atoms with Crippen LogP contribution >= 0.6 is 39.1 Å². The monoisotopic (exact) mass is 411 g/mol. The lowest BCUT2D eigenvalue weighted by Gasteiger charge is -2.37. The standard InChI is InChI=1S/C18H13BrCl2FN/c19-10-7-13-11-2-1-3-12(11)17(23-18(13)16(22)8-10)9-4-5-14(20)15(21)6-9/h1-2,4-8,11-12,17,23H,3H2/t11-,12+,17-/m1/s1. The Labute approximate surface area is 152 Å². The molecule has 118 valence electrons. The highest BCUT2D eigenvalue weighted by Gasteiger charge is 2.39. The topological polar surface area (TPSA) is 12.0 Å². The highest BCUT2D eigenvalue weighted by molar-refractivity contribution is 9.10. The Balaban J connectivity index is 1.82. The zero-order valence-electron chi connectivity index (χ0n) is 12.0. The van der Waals surface area contributed by atoms with Gasteiger partial charge in [-0.05, 0) is 47.7 Å². The van der Waals surface area contributed by atoms with Gasteiger partial charge >= 0.3 is 0 Å². The Hall–Kier alpha value is -1.03. The molecule has 2 aromatic rings. The number of hydrogen-bond donors (Lipinski definition) is 1. The van der Waals surface area contributed by atoms with E-state index in [-0.39, 0.29) is 17.8 Å². The fourth-order valence-electron chi connectivity index (χ4n) is 3.66. The molecule has 0 aromatic heterocycles. The van der Waals surface area contributed by atoms with Gasteiger partial charge in [0.2, 0.25) is 0 Å². The van der Waals surface area contributed by atoms with Crippen LogP contribution in [-0.2, 0) is 0 Å². The maximum atomic E-state index is 14.5. The second-order valence-corrected chi connectivity index (χ2v) is 7.73. The van der Waals surface area contributed by atoms with E-state index in [2.05, 4.69) is 33.4 Å². The van der Waals surface area contributed by atoms with Crippen LogP contribution in [0.4, 0.5) is 10.1 Å². The second-order valence-electron chi connectivity index (χ2n) is 6.00. The van der Waals surface area contributed by atoms with Crippen LogP contribution in [0.15, 0.2) is 47.0 Å². The van der Waals surface area contributed by atoms with Crippen LogP contribution in [0.2, 0.25) is 10.0 Å². The summed E-state index contributed by atoms with van der Waals surface area (Å²) in [5.74, 6) is 0.310. The van der Waals surface area contributed by atoms with Crippen molar-refractivity contribution in [1.82, 2.24) is 0 Å². The largest absolute Gasteiger partial charge is 0.375 e. The van der Waals surface area contributed by atoms with Gasteiger partial charge in [0.05, 0.1) is 21.8 Å². The van der Waals surface area contributed by atoms with Gasteiger partial charge < -0.3 is 5.32 Å². The van der Waals surface area contributed by atoms with Gasteiger partial charge in [-0.2, -0.15) is 0 Å². The molecular formula is C18H13BrCl2FN. The van der Waals surface area contributed by atoms with E-state index in [0.29, 0.717) is 21.7 Å². The third-order valence-electron chi connectivity index (χ3n) is 4.69. The molecule has 1 N–H and O–H groups in total. The summed E-state index contributed by atoms with van der Waals surface area (Å²) in [6, 6.07) is 9.14. The molecule has 3 atom stereocenters. The lowest BCUT2D eigenvalue weighted by atomic mass is 9.77. The van der Waals surface area contributed by atoms with Crippen molar-refractivity contribution in [2.24, 2.45) is 5.92 Å². The summed E-state index contributed by atoms with van der Waals surface area (Å²) >= 11 is 15.6. The number of fused-ring (bicyclic) bond motifs is 3. The molecule has 0 unspecified atom stereocenters. The van der Waals surface area contributed by atoms with E-state index < -0.39 is 0 Å². The summed E-state index contributed by atoms with van der Waals surface area (Å²) < 4.78 is 15.2. The molecule has 0 saturated heterocycles. The first-order valence-electron chi connectivity index (χ1n) is 7.41. The summed E-state index contributed by atoms with van der Waals surface area (Å²) in [5.41, 5.74) is 2.62. The predicted molar refractivity (Wildman–Crippen MR) is 96.9 cm³/mol. The van der Waals surface area contributed by atoms with Gasteiger partial charge in [0.25, 0.3) is 0 Å². The summed E-state index contributed by atoms with van der Waals surface area (Å²) in [6.45, 7) is 0. The number of rotatable bonds is 1. The van der Waals surface area contributed by atoms with Crippen LogP contribution in [-0.4, -0.2) is 0 Å². The maximum absolute atomic E-state index is 14.5. The minimum atomic E-state index is -0.238. The average molecular weight is 413 g/mol. The van der Waals surface area contributed by atoms with Crippen molar-refractivity contribution in [3.63, 3.8) is 0 Å². The first kappa shape index (κ1) is 15.5. The van der Waals surface area contributed by atoms with Crippen LogP contribution in [0.5, 0.6) is 0 Å². The van der Waals surface area contributed by atoms with Crippen molar-refractivity contribution in [3.05, 3.63) is 73.9 Å². The number of hydrogen-bond acceptors (Lipinski definition) is 1. The van der Waals surface area contributed by atoms with Gasteiger partial charge in [0, 0.05) is 10.4 Å². The molecule has 0 saturated carbocycles. The van der Waals surface area contributed by atoms with Crippen molar-refractivity contribution < 1.29 is 4.39 Å². The molecule has 1 heterocycles. The molecule has 0 fully saturated rings. The molecule has 0 amide bonds. The molecule has 0 spiro atoms. The number of benzene rings is 2. The van der Waals surface area contributed by atoms with Gasteiger partial charge in [-0.1, -0.05) is 57.4 Å². The van der Waals surface area contributed by atoms with Crippen molar-refractivity contribution in [1.29, 1.82) is 0 Å². The minimum absolute atomic E-state index is 0.00735. The average Bonchev–Trinajstić information content (AvgIpc) is 2.99. The quantitative estimate of drug-likeness (QED) is 0.512. The molecule has 1 aliphatic carbocycles. The zero-order chi connectivity index (χ0) is 16.1. The summed E-state index contributed by atoms with van der Waals surface area (Å²) in [6.07, 6.45) is 5.31. The normalized spacial score (nSPS) is 25.0. The fourth-order valence-corrected chi connectivity index (χ4v) is 4.41. The van der Waals surface area contributed by atoms with Crippen LogP contribution in [0.25, 0.3) is 0 Å². The number of nitrogens with one attached hydrogen (secondary N) is 1. The maximum Gasteiger partial charge on any atom is 0.147 e. The van der Waals surface area contributed by atoms with Gasteiger partial charge in [0.1, 0.15) is 5.82 Å². The molecule has 5 heteroatoms. The molecule has 0 bridgehead atoms. The molecule has 23 heavy (non-hydrogen) atoms. The van der Waals surface area contributed by atoms with E-state index in [4.69, 9.17) is 23.2 Å². The van der Waals surface area contributed by atoms with Crippen molar-refractivity contribution >= 4 is 44.8 Å². The van der Waals surface area contributed by atoms with E-state index in [0.717, 1.165) is 22.0 Å². The molecule has 1 nitrogen and oxygen atoms in total. The van der Waals surface area contributed by atoms with Crippen molar-refractivity contribution in [2.45, 2.75) is 18.4 Å². The molecule has 0 radical (unpaired) electrons. The Bertz CT molecular complexity index is 821. The van der Waals surface area contributed by atoms with E-state index in [9.17, 15) is 4.39 Å². The highest BCUT2D eigenvalue weighted by atomic mass is 79.9. The SMILES string of the molecule is Fc1cc(Br)cc2c1N[C@H](c1ccc(Cl)c(Cl)c1)[C@H]1CC=C[C@@H]21. The summed E-state index contributed by atoms with van der Waals surface area (Å²) in [7, 11) is 0. The predicted octanol–water partition coefficient (Wildman–Crippen LogP) is 6.72. The minimum Gasteiger partial charge on any atom is -0.375 e. The van der Waals surface area contributed by atoms with Gasteiger partial charge in [-0.15, -0.1) is 0 Å². The Morgan fingerprint density at radius 2 is 1.96 bits per heavy atom. The number of allylic oxidation sites excluding steroid dienone is 2. The molecule has 1 aliphatic heterocycles. The first-order chi connectivity index (χ1) is 11.0. The Morgan fingerprint density at radius 3 is 2.74 bits per heavy atom. The second kappa shape index (κ2) is 5.80. The van der Waals surface area contributed by atoms with Crippen LogP contribution in [0.3, 0.4) is 0 Å². The third-order valence-corrected chi connectivity index (χ3v) is 5.89. The Kier molecular flexibility index (Phi) is 3.91. The van der Waals surface area contributed by atoms with Crippen molar-refractivity contribution in [3.8, 4) is 0 Å². The smallest absolute Gasteiger partial charge is 0.147 e. The summed E-state index contributed by atoms with van der Waals surface area (Å²) in [4.78, 5) is 0. The van der Waals surface area contributed by atoms with Gasteiger partial charge in [-0.25, -0.2) is 4.39 Å². The zero-order valence-corrected chi connectivity index (χ0v) is 15.1. The molecule has 2 aromatic carbocycles. The van der Waals surface area contributed by atoms with Crippen LogP contribution in [0, 0.1) is 11.7 Å². The van der Waals surface area contributed by atoms with E-state index >= 15 is 0 Å². The van der Waals surface area contributed by atoms with E-state index in [1.54, 1.807) is 6.07 Å².